The van der Waals surface area contributed by atoms with Crippen LogP contribution in [0.5, 0.6) is 5.75 Å². The highest BCUT2D eigenvalue weighted by atomic mass is 35.5. The fraction of sp³-hybridized carbons (Fsp3) is 0.385. The molecule has 3 N–H and O–H groups in total. The molecule has 1 aromatic rings. The molecule has 2 rings (SSSR count). The third-order valence-corrected chi connectivity index (χ3v) is 3.23. The zero-order valence-electron chi connectivity index (χ0n) is 10.9. The van der Waals surface area contributed by atoms with E-state index in [1.807, 2.05) is 0 Å². The standard InChI is InChI=1S/C13H16ClN3O3/c14-11-1-2-12(18)10(7-11)8-15-16-13(19)9-17-3-5-20-6-4-17/h1-2,7-8,18H,3-6,9H2,(H,16,19)/p+1/b15-8+. The van der Waals surface area contributed by atoms with Gasteiger partial charge in [0.2, 0.25) is 0 Å². The zero-order valence-corrected chi connectivity index (χ0v) is 11.7. The highest BCUT2D eigenvalue weighted by Crippen LogP contribution is 2.19. The van der Waals surface area contributed by atoms with Crippen molar-refractivity contribution in [2.45, 2.75) is 0 Å². The molecule has 1 fully saturated rings. The molecular formula is C13H17ClN3O3+. The Morgan fingerprint density at radius 1 is 1.50 bits per heavy atom. The number of phenols is 1. The molecule has 108 valence electrons. The second kappa shape index (κ2) is 7.23. The van der Waals surface area contributed by atoms with E-state index >= 15 is 0 Å². The van der Waals surface area contributed by atoms with Crippen molar-refractivity contribution in [3.63, 3.8) is 0 Å². The van der Waals surface area contributed by atoms with Crippen molar-refractivity contribution in [3.05, 3.63) is 28.8 Å². The van der Waals surface area contributed by atoms with Crippen LogP contribution in [0.25, 0.3) is 0 Å². The van der Waals surface area contributed by atoms with Gasteiger partial charge in [0, 0.05) is 10.6 Å². The number of hydrazone groups is 1. The number of hydrogen-bond donors (Lipinski definition) is 3. The first-order chi connectivity index (χ1) is 9.65. The summed E-state index contributed by atoms with van der Waals surface area (Å²) in [5.41, 5.74) is 2.89. The van der Waals surface area contributed by atoms with Crippen LogP contribution in [-0.2, 0) is 9.53 Å². The minimum absolute atomic E-state index is 0.0613. The summed E-state index contributed by atoms with van der Waals surface area (Å²) < 4.78 is 5.22. The number of halogens is 1. The van der Waals surface area contributed by atoms with Crippen LogP contribution in [-0.4, -0.2) is 50.1 Å². The molecule has 1 aromatic carbocycles. The van der Waals surface area contributed by atoms with Crippen molar-refractivity contribution < 1.29 is 19.5 Å². The number of carbonyl (C=O) groups excluding carboxylic acids is 1. The van der Waals surface area contributed by atoms with Gasteiger partial charge in [-0.2, -0.15) is 5.10 Å². The molecule has 20 heavy (non-hydrogen) atoms. The third-order valence-electron chi connectivity index (χ3n) is 2.99. The monoisotopic (exact) mass is 298 g/mol. The Bertz CT molecular complexity index is 502. The Balaban J connectivity index is 1.83. The molecule has 0 aliphatic carbocycles. The zero-order chi connectivity index (χ0) is 14.4. The maximum absolute atomic E-state index is 11.7. The van der Waals surface area contributed by atoms with Gasteiger partial charge in [0.15, 0.2) is 6.54 Å². The molecule has 1 saturated heterocycles. The summed E-state index contributed by atoms with van der Waals surface area (Å²) in [6.45, 7) is 3.38. The number of ether oxygens (including phenoxy) is 1. The fourth-order valence-corrected chi connectivity index (χ4v) is 2.09. The van der Waals surface area contributed by atoms with Crippen LogP contribution in [0.15, 0.2) is 23.3 Å². The predicted octanol–water partition coefficient (Wildman–Crippen LogP) is -0.589. The van der Waals surface area contributed by atoms with Crippen molar-refractivity contribution in [3.8, 4) is 5.75 Å². The average molecular weight is 299 g/mol. The van der Waals surface area contributed by atoms with Crippen LogP contribution in [0.1, 0.15) is 5.56 Å². The van der Waals surface area contributed by atoms with Crippen LogP contribution in [0.2, 0.25) is 5.02 Å². The summed E-state index contributed by atoms with van der Waals surface area (Å²) >= 11 is 5.81. The summed E-state index contributed by atoms with van der Waals surface area (Å²) in [7, 11) is 0. The lowest BCUT2D eigenvalue weighted by molar-refractivity contribution is -0.900. The molecule has 1 amide bonds. The quantitative estimate of drug-likeness (QED) is 0.514. The normalized spacial score (nSPS) is 16.4. The van der Waals surface area contributed by atoms with Crippen LogP contribution in [0.3, 0.4) is 0 Å². The van der Waals surface area contributed by atoms with Crippen molar-refractivity contribution in [1.29, 1.82) is 0 Å². The number of nitrogens with one attached hydrogen (secondary N) is 2. The van der Waals surface area contributed by atoms with E-state index in [4.69, 9.17) is 16.3 Å². The van der Waals surface area contributed by atoms with Crippen molar-refractivity contribution >= 4 is 23.7 Å². The van der Waals surface area contributed by atoms with E-state index in [0.29, 0.717) is 30.3 Å². The number of amides is 1. The largest absolute Gasteiger partial charge is 0.507 e. The van der Waals surface area contributed by atoms with Gasteiger partial charge in [-0.25, -0.2) is 5.43 Å². The number of aromatic hydroxyl groups is 1. The maximum Gasteiger partial charge on any atom is 0.295 e. The molecule has 0 aromatic heterocycles. The SMILES string of the molecule is O=C(C[NH+]1CCOCC1)N/N=C/c1cc(Cl)ccc1O. The lowest BCUT2D eigenvalue weighted by Crippen LogP contribution is -3.15. The van der Waals surface area contributed by atoms with E-state index in [1.54, 1.807) is 12.1 Å². The highest BCUT2D eigenvalue weighted by Gasteiger charge is 2.16. The first kappa shape index (κ1) is 14.8. The van der Waals surface area contributed by atoms with E-state index in [1.165, 1.54) is 17.2 Å². The molecule has 6 nitrogen and oxygen atoms in total. The molecule has 0 saturated carbocycles. The topological polar surface area (TPSA) is 75.4 Å². The number of quaternary nitrogens is 1. The van der Waals surface area contributed by atoms with Gasteiger partial charge in [-0.1, -0.05) is 11.6 Å². The third kappa shape index (κ3) is 4.48. The number of morpholine rings is 1. The maximum atomic E-state index is 11.7. The van der Waals surface area contributed by atoms with Crippen molar-refractivity contribution in [2.75, 3.05) is 32.8 Å². The van der Waals surface area contributed by atoms with E-state index in [-0.39, 0.29) is 11.7 Å². The van der Waals surface area contributed by atoms with E-state index in [9.17, 15) is 9.90 Å². The van der Waals surface area contributed by atoms with E-state index in [2.05, 4.69) is 10.5 Å². The van der Waals surface area contributed by atoms with Crippen LogP contribution in [0.4, 0.5) is 0 Å². The number of carbonyl (C=O) groups is 1. The van der Waals surface area contributed by atoms with Crippen LogP contribution in [0, 0.1) is 0 Å². The Morgan fingerprint density at radius 2 is 2.25 bits per heavy atom. The molecule has 1 aliphatic heterocycles. The molecule has 0 radical (unpaired) electrons. The van der Waals surface area contributed by atoms with E-state index < -0.39 is 0 Å². The van der Waals surface area contributed by atoms with Crippen LogP contribution >= 0.6 is 11.6 Å². The van der Waals surface area contributed by atoms with Gasteiger partial charge < -0.3 is 14.7 Å². The first-order valence-corrected chi connectivity index (χ1v) is 6.74. The lowest BCUT2D eigenvalue weighted by Gasteiger charge is -2.22. The molecule has 0 atom stereocenters. The van der Waals surface area contributed by atoms with Gasteiger partial charge in [-0.15, -0.1) is 0 Å². The number of nitrogens with zero attached hydrogens (tertiary/aromatic N) is 1. The smallest absolute Gasteiger partial charge is 0.295 e. The number of phenolic OH excluding ortho intramolecular Hbond substituents is 1. The van der Waals surface area contributed by atoms with Gasteiger partial charge in [0.1, 0.15) is 18.8 Å². The molecule has 0 unspecified atom stereocenters. The first-order valence-electron chi connectivity index (χ1n) is 6.37. The Labute approximate surface area is 122 Å². The second-order valence-electron chi connectivity index (χ2n) is 4.54. The van der Waals surface area contributed by atoms with Gasteiger partial charge in [-0.3, -0.25) is 4.79 Å². The van der Waals surface area contributed by atoms with Crippen LogP contribution < -0.4 is 10.3 Å². The molecule has 1 heterocycles. The molecule has 7 heteroatoms. The molecule has 0 bridgehead atoms. The highest BCUT2D eigenvalue weighted by molar-refractivity contribution is 6.30. The Morgan fingerprint density at radius 3 is 3.00 bits per heavy atom. The second-order valence-corrected chi connectivity index (χ2v) is 4.97. The lowest BCUT2D eigenvalue weighted by atomic mass is 10.2. The Kier molecular flexibility index (Phi) is 5.34. The molecule has 0 spiro atoms. The van der Waals surface area contributed by atoms with Gasteiger partial charge >= 0.3 is 0 Å². The van der Waals surface area contributed by atoms with Gasteiger partial charge in [0.05, 0.1) is 19.4 Å². The molecular weight excluding hydrogens is 282 g/mol. The molecule has 1 aliphatic rings. The number of hydrogen-bond acceptors (Lipinski definition) is 4. The fourth-order valence-electron chi connectivity index (χ4n) is 1.91. The van der Waals surface area contributed by atoms with E-state index in [0.717, 1.165) is 13.1 Å². The predicted molar refractivity (Wildman–Crippen MR) is 75.2 cm³/mol. The summed E-state index contributed by atoms with van der Waals surface area (Å²) in [5, 5.41) is 13.9. The summed E-state index contributed by atoms with van der Waals surface area (Å²) in [5.74, 6) is -0.106. The average Bonchev–Trinajstić information content (AvgIpc) is 2.44. The van der Waals surface area contributed by atoms with Crippen molar-refractivity contribution in [1.82, 2.24) is 5.43 Å². The summed E-state index contributed by atoms with van der Waals surface area (Å²) in [4.78, 5) is 12.9. The minimum atomic E-state index is -0.167. The summed E-state index contributed by atoms with van der Waals surface area (Å²) in [6, 6.07) is 4.62. The minimum Gasteiger partial charge on any atom is -0.507 e. The van der Waals surface area contributed by atoms with Crippen molar-refractivity contribution in [2.24, 2.45) is 5.10 Å². The summed E-state index contributed by atoms with van der Waals surface area (Å²) in [6.07, 6.45) is 1.37. The number of benzene rings is 1. The van der Waals surface area contributed by atoms with Gasteiger partial charge in [0.25, 0.3) is 5.91 Å². The van der Waals surface area contributed by atoms with Gasteiger partial charge in [-0.05, 0) is 18.2 Å². The number of rotatable bonds is 4. The Hall–Kier alpha value is -1.63.